The van der Waals surface area contributed by atoms with Crippen molar-refractivity contribution in [1.29, 1.82) is 0 Å². The Bertz CT molecular complexity index is 812. The van der Waals surface area contributed by atoms with Gasteiger partial charge in [0, 0.05) is 0 Å². The number of benzene rings is 1. The Labute approximate surface area is 122 Å². The van der Waals surface area contributed by atoms with E-state index in [0.29, 0.717) is 33.1 Å². The van der Waals surface area contributed by atoms with Crippen LogP contribution in [0.2, 0.25) is 5.02 Å². The van der Waals surface area contributed by atoms with Crippen LogP contribution in [0.3, 0.4) is 0 Å². The van der Waals surface area contributed by atoms with Crippen molar-refractivity contribution >= 4 is 40.3 Å². The van der Waals surface area contributed by atoms with Crippen LogP contribution in [-0.4, -0.2) is 34.8 Å². The van der Waals surface area contributed by atoms with Gasteiger partial charge in [0.1, 0.15) is 16.7 Å². The van der Waals surface area contributed by atoms with Crippen LogP contribution in [0.25, 0.3) is 16.7 Å². The Morgan fingerprint density at radius 2 is 2.25 bits per heavy atom. The number of carboxylic acid groups (broad SMARTS) is 1. The minimum atomic E-state index is -0.959. The molecular weight excluding hydrogens is 302 g/mol. The number of hydrogen-bond acceptors (Lipinski definition) is 6. The molecule has 1 aromatic carbocycles. The van der Waals surface area contributed by atoms with E-state index in [1.807, 2.05) is 0 Å². The summed E-state index contributed by atoms with van der Waals surface area (Å²) in [6, 6.07) is 3.48. The Morgan fingerprint density at radius 3 is 3.00 bits per heavy atom. The molecule has 0 radical (unpaired) electrons. The van der Waals surface area contributed by atoms with Crippen LogP contribution >= 0.6 is 23.3 Å². The van der Waals surface area contributed by atoms with Gasteiger partial charge >= 0.3 is 5.97 Å². The van der Waals surface area contributed by atoms with E-state index in [-0.39, 0.29) is 6.42 Å². The summed E-state index contributed by atoms with van der Waals surface area (Å²) in [4.78, 5) is 10.8. The molecule has 0 unspecified atom stereocenters. The molecule has 0 amide bonds. The van der Waals surface area contributed by atoms with Gasteiger partial charge in [0.05, 0.1) is 34.6 Å². The molecule has 0 aliphatic carbocycles. The summed E-state index contributed by atoms with van der Waals surface area (Å²) in [6.07, 6.45) is -0.186. The van der Waals surface area contributed by atoms with Crippen LogP contribution in [0.1, 0.15) is 11.4 Å². The third kappa shape index (κ3) is 2.02. The summed E-state index contributed by atoms with van der Waals surface area (Å²) in [6.45, 7) is 1.74. The molecule has 0 bridgehead atoms. The number of aliphatic carboxylic acids is 1. The van der Waals surface area contributed by atoms with Gasteiger partial charge in [0.15, 0.2) is 0 Å². The summed E-state index contributed by atoms with van der Waals surface area (Å²) >= 11 is 7.29. The number of carboxylic acids is 1. The highest BCUT2D eigenvalue weighted by atomic mass is 35.5. The lowest BCUT2D eigenvalue weighted by Gasteiger charge is -2.06. The van der Waals surface area contributed by atoms with E-state index < -0.39 is 5.97 Å². The molecular formula is C11H8ClN5O2S. The summed E-state index contributed by atoms with van der Waals surface area (Å²) in [7, 11) is 0. The molecule has 20 heavy (non-hydrogen) atoms. The number of nitrogens with zero attached hydrogens (tertiary/aromatic N) is 5. The number of fused-ring (bicyclic) bond motifs is 1. The first kappa shape index (κ1) is 12.9. The van der Waals surface area contributed by atoms with Gasteiger partial charge in [-0.2, -0.15) is 8.75 Å². The van der Waals surface area contributed by atoms with E-state index >= 15 is 0 Å². The molecule has 2 heterocycles. The van der Waals surface area contributed by atoms with E-state index in [0.717, 1.165) is 11.7 Å². The van der Waals surface area contributed by atoms with Crippen molar-refractivity contribution in [3.05, 3.63) is 28.5 Å². The first-order chi connectivity index (χ1) is 9.58. The van der Waals surface area contributed by atoms with Gasteiger partial charge in [-0.1, -0.05) is 16.8 Å². The highest BCUT2D eigenvalue weighted by Crippen LogP contribution is 2.29. The van der Waals surface area contributed by atoms with Crippen LogP contribution in [0.5, 0.6) is 0 Å². The molecule has 2 aromatic heterocycles. The van der Waals surface area contributed by atoms with Gasteiger partial charge in [0.2, 0.25) is 0 Å². The molecule has 9 heteroatoms. The average Bonchev–Trinajstić information content (AvgIpc) is 2.98. The van der Waals surface area contributed by atoms with Crippen molar-refractivity contribution in [2.75, 3.05) is 0 Å². The molecule has 0 spiro atoms. The van der Waals surface area contributed by atoms with Crippen LogP contribution < -0.4 is 0 Å². The van der Waals surface area contributed by atoms with E-state index in [2.05, 4.69) is 19.1 Å². The third-order valence-corrected chi connectivity index (χ3v) is 3.72. The van der Waals surface area contributed by atoms with Crippen molar-refractivity contribution < 1.29 is 9.90 Å². The Hall–Kier alpha value is -2.06. The fourth-order valence-electron chi connectivity index (χ4n) is 1.89. The summed E-state index contributed by atoms with van der Waals surface area (Å²) in [5.41, 5.74) is 2.92. The zero-order chi connectivity index (χ0) is 14.3. The predicted octanol–water partition coefficient (Wildman–Crippen LogP) is 1.86. The highest BCUT2D eigenvalue weighted by molar-refractivity contribution is 7.00. The fraction of sp³-hybridized carbons (Fsp3) is 0.182. The second kappa shape index (κ2) is 4.80. The van der Waals surface area contributed by atoms with Crippen molar-refractivity contribution in [1.82, 2.24) is 23.7 Å². The summed E-state index contributed by atoms with van der Waals surface area (Å²) in [5.74, 6) is -0.959. The van der Waals surface area contributed by atoms with Crippen molar-refractivity contribution in [2.24, 2.45) is 0 Å². The van der Waals surface area contributed by atoms with Gasteiger partial charge in [-0.25, -0.2) is 4.68 Å². The number of halogens is 1. The molecule has 0 atom stereocenters. The van der Waals surface area contributed by atoms with Crippen molar-refractivity contribution in [3.8, 4) is 5.69 Å². The molecule has 1 N–H and O–H groups in total. The molecule has 0 aliphatic rings. The van der Waals surface area contributed by atoms with Crippen LogP contribution in [0, 0.1) is 6.92 Å². The maximum atomic E-state index is 10.8. The first-order valence-corrected chi connectivity index (χ1v) is 6.73. The lowest BCUT2D eigenvalue weighted by atomic mass is 10.2. The largest absolute Gasteiger partial charge is 0.481 e. The SMILES string of the molecule is Cc1c(CC(=O)O)nnn1-c1c(Cl)ccc2nsnc12. The van der Waals surface area contributed by atoms with Gasteiger partial charge in [-0.3, -0.25) is 4.79 Å². The average molecular weight is 310 g/mol. The minimum Gasteiger partial charge on any atom is -0.481 e. The van der Waals surface area contributed by atoms with Crippen molar-refractivity contribution in [2.45, 2.75) is 13.3 Å². The predicted molar refractivity (Wildman–Crippen MR) is 73.4 cm³/mol. The lowest BCUT2D eigenvalue weighted by molar-refractivity contribution is -0.136. The quantitative estimate of drug-likeness (QED) is 0.793. The van der Waals surface area contributed by atoms with Crippen LogP contribution in [-0.2, 0) is 11.2 Å². The molecule has 0 saturated carbocycles. The van der Waals surface area contributed by atoms with E-state index in [1.54, 1.807) is 19.1 Å². The van der Waals surface area contributed by atoms with Gasteiger partial charge in [-0.05, 0) is 19.1 Å². The maximum absolute atomic E-state index is 10.8. The third-order valence-electron chi connectivity index (χ3n) is 2.87. The molecule has 0 saturated heterocycles. The molecule has 0 aliphatic heterocycles. The first-order valence-electron chi connectivity index (χ1n) is 5.62. The van der Waals surface area contributed by atoms with Crippen LogP contribution in [0.15, 0.2) is 12.1 Å². The molecule has 102 valence electrons. The molecule has 7 nitrogen and oxygen atoms in total. The van der Waals surface area contributed by atoms with Gasteiger partial charge < -0.3 is 5.11 Å². The minimum absolute atomic E-state index is 0.186. The Morgan fingerprint density at radius 1 is 1.45 bits per heavy atom. The second-order valence-corrected chi connectivity index (χ2v) is 5.07. The highest BCUT2D eigenvalue weighted by Gasteiger charge is 2.18. The van der Waals surface area contributed by atoms with Crippen molar-refractivity contribution in [3.63, 3.8) is 0 Å². The smallest absolute Gasteiger partial charge is 0.309 e. The van der Waals surface area contributed by atoms with Gasteiger partial charge in [-0.15, -0.1) is 5.10 Å². The summed E-state index contributed by atoms with van der Waals surface area (Å²) < 4.78 is 9.86. The lowest BCUT2D eigenvalue weighted by Crippen LogP contribution is -2.04. The molecule has 3 rings (SSSR count). The molecule has 3 aromatic rings. The standard InChI is InChI=1S/C11H8ClN5O2S/c1-5-8(4-9(18)19)13-16-17(5)11-6(12)2-3-7-10(11)15-20-14-7/h2-3H,4H2,1H3,(H,18,19). The van der Waals surface area contributed by atoms with E-state index in [4.69, 9.17) is 16.7 Å². The van der Waals surface area contributed by atoms with E-state index in [9.17, 15) is 4.79 Å². The monoisotopic (exact) mass is 309 g/mol. The van der Waals surface area contributed by atoms with E-state index in [1.165, 1.54) is 4.68 Å². The number of rotatable bonds is 3. The zero-order valence-corrected chi connectivity index (χ0v) is 11.8. The number of aromatic nitrogens is 5. The fourth-order valence-corrected chi connectivity index (χ4v) is 2.66. The topological polar surface area (TPSA) is 93.8 Å². The Kier molecular flexibility index (Phi) is 3.11. The summed E-state index contributed by atoms with van der Waals surface area (Å²) in [5, 5.41) is 17.2. The zero-order valence-electron chi connectivity index (χ0n) is 10.2. The molecule has 0 fully saturated rings. The maximum Gasteiger partial charge on any atom is 0.309 e. The van der Waals surface area contributed by atoms with Gasteiger partial charge in [0.25, 0.3) is 0 Å². The number of carbonyl (C=O) groups is 1. The Balaban J connectivity index is 2.21. The van der Waals surface area contributed by atoms with Crippen LogP contribution in [0.4, 0.5) is 0 Å². The normalized spacial score (nSPS) is 11.1. The number of hydrogen-bond donors (Lipinski definition) is 1. The second-order valence-electron chi connectivity index (χ2n) is 4.13.